The summed E-state index contributed by atoms with van der Waals surface area (Å²) in [6, 6.07) is 10.4. The molecule has 0 saturated heterocycles. The predicted molar refractivity (Wildman–Crippen MR) is 111 cm³/mol. The number of benzene rings is 1. The fourth-order valence-corrected chi connectivity index (χ4v) is 3.08. The van der Waals surface area contributed by atoms with Crippen LogP contribution in [0.4, 0.5) is 0 Å². The summed E-state index contributed by atoms with van der Waals surface area (Å²) in [4.78, 5) is 15.9. The summed E-state index contributed by atoms with van der Waals surface area (Å²) in [7, 11) is 0. The summed E-state index contributed by atoms with van der Waals surface area (Å²) in [5.41, 5.74) is 3.85. The number of rotatable bonds is 10. The highest BCUT2D eigenvalue weighted by atomic mass is 15.1. The van der Waals surface area contributed by atoms with Crippen LogP contribution in [0.3, 0.4) is 0 Å². The molecule has 0 aliphatic heterocycles. The maximum Gasteiger partial charge on any atom is 0.164 e. The first-order valence-corrected chi connectivity index (χ1v) is 9.93. The van der Waals surface area contributed by atoms with Gasteiger partial charge >= 0.3 is 0 Å². The molecule has 2 heterocycles. The molecule has 0 aliphatic carbocycles. The Kier molecular flexibility index (Phi) is 6.97. The van der Waals surface area contributed by atoms with Gasteiger partial charge in [0.05, 0.1) is 18.6 Å². The van der Waals surface area contributed by atoms with Crippen LogP contribution < -0.4 is 0 Å². The van der Waals surface area contributed by atoms with E-state index in [1.54, 1.807) is 6.33 Å². The Labute approximate surface area is 161 Å². The van der Waals surface area contributed by atoms with Crippen LogP contribution >= 0.6 is 0 Å². The van der Waals surface area contributed by atoms with Gasteiger partial charge in [-0.05, 0) is 24.5 Å². The smallest absolute Gasteiger partial charge is 0.164 e. The van der Waals surface area contributed by atoms with E-state index in [2.05, 4.69) is 74.8 Å². The molecule has 0 aliphatic rings. The summed E-state index contributed by atoms with van der Waals surface area (Å²) < 4.78 is 2.08. The van der Waals surface area contributed by atoms with E-state index in [9.17, 15) is 0 Å². The Morgan fingerprint density at radius 1 is 0.963 bits per heavy atom. The molecule has 0 amide bonds. The van der Waals surface area contributed by atoms with E-state index in [1.807, 2.05) is 12.4 Å². The number of unbranched alkanes of at least 4 members (excludes halogenated alkanes) is 2. The van der Waals surface area contributed by atoms with Gasteiger partial charge in [0.1, 0.15) is 11.8 Å². The number of nitrogens with zero attached hydrogens (tertiary/aromatic N) is 5. The highest BCUT2D eigenvalue weighted by Gasteiger charge is 2.09. The molecule has 3 rings (SSSR count). The summed E-state index contributed by atoms with van der Waals surface area (Å²) in [6.45, 7) is 7.40. The molecule has 0 N–H and O–H groups in total. The van der Waals surface area contributed by atoms with Gasteiger partial charge in [-0.1, -0.05) is 57.0 Å². The third kappa shape index (κ3) is 5.16. The van der Waals surface area contributed by atoms with E-state index in [0.29, 0.717) is 0 Å². The summed E-state index contributed by atoms with van der Waals surface area (Å²) in [5.74, 6) is 0. The van der Waals surface area contributed by atoms with Crippen molar-refractivity contribution in [2.24, 2.45) is 0 Å². The highest BCUT2D eigenvalue weighted by Crippen LogP contribution is 2.16. The zero-order valence-electron chi connectivity index (χ0n) is 16.4. The minimum Gasteiger partial charge on any atom is -0.377 e. The molecular formula is C22H29N5. The molecule has 5 heteroatoms. The van der Waals surface area contributed by atoms with Crippen molar-refractivity contribution in [3.05, 3.63) is 60.4 Å². The van der Waals surface area contributed by atoms with Gasteiger partial charge in [-0.15, -0.1) is 0 Å². The minimum atomic E-state index is 0.761. The Morgan fingerprint density at radius 2 is 1.70 bits per heavy atom. The normalized spacial score (nSPS) is 11.5. The molecule has 0 atom stereocenters. The zero-order valence-corrected chi connectivity index (χ0v) is 16.4. The van der Waals surface area contributed by atoms with E-state index in [-0.39, 0.29) is 0 Å². The molecule has 0 fully saturated rings. The second kappa shape index (κ2) is 9.86. The second-order valence-corrected chi connectivity index (χ2v) is 6.85. The summed E-state index contributed by atoms with van der Waals surface area (Å²) in [5, 5.41) is 0. The van der Waals surface area contributed by atoms with Gasteiger partial charge in [0.2, 0.25) is 0 Å². The van der Waals surface area contributed by atoms with Crippen LogP contribution in [-0.4, -0.2) is 37.5 Å². The van der Waals surface area contributed by atoms with Crippen molar-refractivity contribution in [3.8, 4) is 0 Å². The largest absolute Gasteiger partial charge is 0.377 e. The third-order valence-corrected chi connectivity index (χ3v) is 4.67. The quantitative estimate of drug-likeness (QED) is 0.522. The van der Waals surface area contributed by atoms with Gasteiger partial charge in [0.25, 0.3) is 0 Å². The van der Waals surface area contributed by atoms with E-state index in [4.69, 9.17) is 0 Å². The molecule has 0 bridgehead atoms. The Morgan fingerprint density at radius 3 is 2.41 bits per heavy atom. The SMILES string of the molecule is CCCCN(/C=C/c1ncnc2c1ncn2Cc1ccccc1)CCCC. The van der Waals surface area contributed by atoms with Crippen molar-refractivity contribution >= 4 is 17.2 Å². The highest BCUT2D eigenvalue weighted by molar-refractivity contribution is 5.79. The lowest BCUT2D eigenvalue weighted by Crippen LogP contribution is -2.19. The van der Waals surface area contributed by atoms with Crippen molar-refractivity contribution < 1.29 is 0 Å². The average Bonchev–Trinajstić information content (AvgIpc) is 3.12. The van der Waals surface area contributed by atoms with E-state index < -0.39 is 0 Å². The maximum absolute atomic E-state index is 4.59. The fraction of sp³-hybridized carbons (Fsp3) is 0.409. The first-order valence-electron chi connectivity index (χ1n) is 9.93. The summed E-state index contributed by atoms with van der Waals surface area (Å²) >= 11 is 0. The lowest BCUT2D eigenvalue weighted by Gasteiger charge is -2.19. The third-order valence-electron chi connectivity index (χ3n) is 4.67. The van der Waals surface area contributed by atoms with Gasteiger partial charge in [0.15, 0.2) is 5.65 Å². The number of hydrogen-bond donors (Lipinski definition) is 0. The molecular weight excluding hydrogens is 334 g/mol. The van der Waals surface area contributed by atoms with Gasteiger partial charge < -0.3 is 9.47 Å². The Bertz CT molecular complexity index is 846. The number of fused-ring (bicyclic) bond motifs is 1. The minimum absolute atomic E-state index is 0.761. The second-order valence-electron chi connectivity index (χ2n) is 6.85. The van der Waals surface area contributed by atoms with Crippen molar-refractivity contribution in [2.75, 3.05) is 13.1 Å². The van der Waals surface area contributed by atoms with E-state index in [0.717, 1.165) is 36.5 Å². The van der Waals surface area contributed by atoms with Gasteiger partial charge in [-0.2, -0.15) is 0 Å². The molecule has 0 saturated carbocycles. The molecule has 0 radical (unpaired) electrons. The van der Waals surface area contributed by atoms with E-state index in [1.165, 1.54) is 31.2 Å². The lowest BCUT2D eigenvalue weighted by molar-refractivity contribution is 0.362. The average molecular weight is 364 g/mol. The Balaban J connectivity index is 1.80. The van der Waals surface area contributed by atoms with Crippen LogP contribution in [0.2, 0.25) is 0 Å². The van der Waals surface area contributed by atoms with E-state index >= 15 is 0 Å². The van der Waals surface area contributed by atoms with Crippen molar-refractivity contribution in [2.45, 2.75) is 46.1 Å². The molecule has 0 unspecified atom stereocenters. The Hall–Kier alpha value is -2.69. The molecule has 2 aromatic heterocycles. The monoisotopic (exact) mass is 363 g/mol. The molecule has 3 aromatic rings. The predicted octanol–water partition coefficient (Wildman–Crippen LogP) is 4.75. The topological polar surface area (TPSA) is 46.8 Å². The first-order chi connectivity index (χ1) is 13.3. The van der Waals surface area contributed by atoms with Crippen LogP contribution in [0.5, 0.6) is 0 Å². The first kappa shape index (κ1) is 19.1. The van der Waals surface area contributed by atoms with Crippen LogP contribution in [0.15, 0.2) is 49.2 Å². The van der Waals surface area contributed by atoms with Crippen LogP contribution in [0.1, 0.15) is 50.8 Å². The number of imidazole rings is 1. The van der Waals surface area contributed by atoms with Gasteiger partial charge in [0, 0.05) is 19.3 Å². The van der Waals surface area contributed by atoms with Crippen molar-refractivity contribution in [1.29, 1.82) is 0 Å². The molecule has 142 valence electrons. The molecule has 27 heavy (non-hydrogen) atoms. The number of hydrogen-bond acceptors (Lipinski definition) is 4. The number of aromatic nitrogens is 4. The lowest BCUT2D eigenvalue weighted by atomic mass is 10.2. The van der Waals surface area contributed by atoms with Crippen LogP contribution in [0, 0.1) is 0 Å². The summed E-state index contributed by atoms with van der Waals surface area (Å²) in [6.07, 6.45) is 12.6. The fourth-order valence-electron chi connectivity index (χ4n) is 3.08. The van der Waals surface area contributed by atoms with Crippen molar-refractivity contribution in [1.82, 2.24) is 24.4 Å². The van der Waals surface area contributed by atoms with Crippen LogP contribution in [0.25, 0.3) is 17.2 Å². The van der Waals surface area contributed by atoms with Gasteiger partial charge in [-0.25, -0.2) is 15.0 Å². The van der Waals surface area contributed by atoms with Crippen molar-refractivity contribution in [3.63, 3.8) is 0 Å². The maximum atomic E-state index is 4.59. The molecule has 5 nitrogen and oxygen atoms in total. The van der Waals surface area contributed by atoms with Crippen LogP contribution in [-0.2, 0) is 6.54 Å². The molecule has 1 aromatic carbocycles. The standard InChI is InChI=1S/C22H29N5/c1-3-5-13-26(14-6-4-2)15-12-20-21-22(24-17-23-20)27(18-25-21)16-19-10-8-7-9-11-19/h7-12,15,17-18H,3-6,13-14,16H2,1-2H3/b15-12+. The molecule has 0 spiro atoms. The zero-order chi connectivity index (χ0) is 18.9. The van der Waals surface area contributed by atoms with Gasteiger partial charge in [-0.3, -0.25) is 0 Å².